The van der Waals surface area contributed by atoms with Crippen LogP contribution in [0.4, 0.5) is 20.3 Å². The van der Waals surface area contributed by atoms with E-state index >= 15 is 0 Å². The number of aryl methyl sites for hydroxylation is 1. The summed E-state index contributed by atoms with van der Waals surface area (Å²) in [6, 6.07) is 3.25. The first-order valence-electron chi connectivity index (χ1n) is 6.97. The van der Waals surface area contributed by atoms with Crippen LogP contribution in [0.3, 0.4) is 0 Å². The van der Waals surface area contributed by atoms with Gasteiger partial charge in [-0.1, -0.05) is 0 Å². The highest BCUT2D eigenvalue weighted by atomic mass is 19.3. The van der Waals surface area contributed by atoms with E-state index in [1.165, 1.54) is 6.20 Å². The smallest absolute Gasteiger partial charge is 0.303 e. The summed E-state index contributed by atoms with van der Waals surface area (Å²) in [6.45, 7) is 3.16. The predicted octanol–water partition coefficient (Wildman–Crippen LogP) is 3.06. The number of alkyl halides is 2. The van der Waals surface area contributed by atoms with Crippen molar-refractivity contribution in [1.82, 2.24) is 15.0 Å². The Hall–Kier alpha value is -2.35. The van der Waals surface area contributed by atoms with Crippen LogP contribution in [0.25, 0.3) is 0 Å². The van der Waals surface area contributed by atoms with E-state index in [-0.39, 0.29) is 5.82 Å². The third-order valence-electron chi connectivity index (χ3n) is 2.84. The van der Waals surface area contributed by atoms with Crippen LogP contribution < -0.4 is 10.1 Å². The van der Waals surface area contributed by atoms with Crippen molar-refractivity contribution >= 4 is 11.5 Å². The van der Waals surface area contributed by atoms with Crippen molar-refractivity contribution in [2.24, 2.45) is 0 Å². The maximum atomic E-state index is 13.4. The van der Waals surface area contributed by atoms with Crippen molar-refractivity contribution in [3.63, 3.8) is 0 Å². The first-order chi connectivity index (χ1) is 10.9. The number of ether oxygens (including phenoxy) is 2. The Labute approximate surface area is 132 Å². The van der Waals surface area contributed by atoms with Crippen LogP contribution in [0.5, 0.6) is 5.75 Å². The number of methoxy groups -OCH3 is 1. The quantitative estimate of drug-likeness (QED) is 0.790. The molecule has 0 amide bonds. The van der Waals surface area contributed by atoms with E-state index in [0.717, 1.165) is 6.92 Å². The van der Waals surface area contributed by atoms with Gasteiger partial charge in [-0.15, -0.1) is 0 Å². The summed E-state index contributed by atoms with van der Waals surface area (Å²) in [5, 5.41) is 2.96. The number of rotatable bonds is 7. The SMILES string of the molecule is COCCOc1cnccc1Nc1cc(C)nc(C(C)(F)F)n1. The van der Waals surface area contributed by atoms with Gasteiger partial charge in [0.05, 0.1) is 18.5 Å². The number of anilines is 2. The fraction of sp³-hybridized carbons (Fsp3) is 0.400. The second kappa shape index (κ2) is 7.28. The Kier molecular flexibility index (Phi) is 5.38. The molecular weight excluding hydrogens is 306 g/mol. The molecule has 6 nitrogen and oxygen atoms in total. The van der Waals surface area contributed by atoms with Gasteiger partial charge in [0.25, 0.3) is 0 Å². The molecule has 0 fully saturated rings. The first-order valence-corrected chi connectivity index (χ1v) is 6.97. The van der Waals surface area contributed by atoms with E-state index in [1.54, 1.807) is 32.4 Å². The lowest BCUT2D eigenvalue weighted by Crippen LogP contribution is -2.14. The molecule has 0 unspecified atom stereocenters. The minimum absolute atomic E-state index is 0.261. The molecule has 2 aromatic rings. The van der Waals surface area contributed by atoms with Crippen LogP contribution in [-0.4, -0.2) is 35.3 Å². The molecule has 2 rings (SSSR count). The fourth-order valence-electron chi connectivity index (χ4n) is 1.80. The second-order valence-corrected chi connectivity index (χ2v) is 4.94. The summed E-state index contributed by atoms with van der Waals surface area (Å²) >= 11 is 0. The predicted molar refractivity (Wildman–Crippen MR) is 81.2 cm³/mol. The van der Waals surface area contributed by atoms with E-state index < -0.39 is 11.7 Å². The summed E-state index contributed by atoms with van der Waals surface area (Å²) in [7, 11) is 1.57. The first kappa shape index (κ1) is 17.0. The molecule has 0 atom stereocenters. The monoisotopic (exact) mass is 324 g/mol. The van der Waals surface area contributed by atoms with Gasteiger partial charge in [0, 0.05) is 32.0 Å². The van der Waals surface area contributed by atoms with Crippen molar-refractivity contribution in [1.29, 1.82) is 0 Å². The highest BCUT2D eigenvalue weighted by Crippen LogP contribution is 2.28. The van der Waals surface area contributed by atoms with Crippen molar-refractivity contribution in [3.05, 3.63) is 36.0 Å². The molecule has 23 heavy (non-hydrogen) atoms. The molecule has 0 aliphatic rings. The number of hydrogen-bond donors (Lipinski definition) is 1. The molecular formula is C15H18F2N4O2. The van der Waals surface area contributed by atoms with Gasteiger partial charge in [-0.3, -0.25) is 4.98 Å². The zero-order valence-electron chi connectivity index (χ0n) is 13.1. The molecule has 124 valence electrons. The van der Waals surface area contributed by atoms with Gasteiger partial charge in [0.1, 0.15) is 12.4 Å². The lowest BCUT2D eigenvalue weighted by molar-refractivity contribution is 0.00766. The van der Waals surface area contributed by atoms with E-state index in [0.29, 0.717) is 30.3 Å². The minimum atomic E-state index is -3.11. The molecule has 8 heteroatoms. The number of nitrogens with zero attached hydrogens (tertiary/aromatic N) is 3. The maximum absolute atomic E-state index is 13.4. The third-order valence-corrected chi connectivity index (χ3v) is 2.84. The van der Waals surface area contributed by atoms with Gasteiger partial charge in [-0.25, -0.2) is 9.97 Å². The Balaban J connectivity index is 2.24. The topological polar surface area (TPSA) is 69.2 Å². The lowest BCUT2D eigenvalue weighted by Gasteiger charge is -2.14. The van der Waals surface area contributed by atoms with Crippen LogP contribution in [-0.2, 0) is 10.7 Å². The van der Waals surface area contributed by atoms with Crippen LogP contribution in [0.15, 0.2) is 24.5 Å². The van der Waals surface area contributed by atoms with E-state index in [9.17, 15) is 8.78 Å². The zero-order valence-corrected chi connectivity index (χ0v) is 13.1. The van der Waals surface area contributed by atoms with Gasteiger partial charge in [-0.2, -0.15) is 8.78 Å². The summed E-state index contributed by atoms with van der Waals surface area (Å²) in [5.74, 6) is -2.91. The Morgan fingerprint density at radius 1 is 1.26 bits per heavy atom. The van der Waals surface area contributed by atoms with Crippen LogP contribution >= 0.6 is 0 Å². The molecule has 0 spiro atoms. The molecule has 0 aliphatic heterocycles. The van der Waals surface area contributed by atoms with Crippen molar-refractivity contribution < 1.29 is 18.3 Å². The molecule has 2 aromatic heterocycles. The highest BCUT2D eigenvalue weighted by molar-refractivity contribution is 5.63. The van der Waals surface area contributed by atoms with Gasteiger partial charge < -0.3 is 14.8 Å². The van der Waals surface area contributed by atoms with E-state index in [1.807, 2.05) is 0 Å². The number of hydrogen-bond acceptors (Lipinski definition) is 6. The Morgan fingerprint density at radius 2 is 2.04 bits per heavy atom. The lowest BCUT2D eigenvalue weighted by atomic mass is 10.3. The minimum Gasteiger partial charge on any atom is -0.487 e. The number of pyridine rings is 1. The Bertz CT molecular complexity index is 662. The summed E-state index contributed by atoms with van der Waals surface area (Å²) in [5.41, 5.74) is 1.01. The molecule has 0 saturated carbocycles. The number of halogens is 2. The molecule has 0 saturated heterocycles. The van der Waals surface area contributed by atoms with Crippen molar-refractivity contribution in [2.45, 2.75) is 19.8 Å². The fourth-order valence-corrected chi connectivity index (χ4v) is 1.80. The van der Waals surface area contributed by atoms with Crippen LogP contribution in [0, 0.1) is 6.92 Å². The summed E-state index contributed by atoms with van der Waals surface area (Å²) < 4.78 is 37.3. The van der Waals surface area contributed by atoms with Crippen molar-refractivity contribution in [2.75, 3.05) is 25.6 Å². The molecule has 2 heterocycles. The molecule has 0 bridgehead atoms. The average molecular weight is 324 g/mol. The maximum Gasteiger partial charge on any atom is 0.303 e. The van der Waals surface area contributed by atoms with E-state index in [4.69, 9.17) is 9.47 Å². The van der Waals surface area contributed by atoms with E-state index in [2.05, 4.69) is 20.3 Å². The van der Waals surface area contributed by atoms with Gasteiger partial charge in [-0.05, 0) is 13.0 Å². The van der Waals surface area contributed by atoms with Gasteiger partial charge >= 0.3 is 5.92 Å². The second-order valence-electron chi connectivity index (χ2n) is 4.94. The highest BCUT2D eigenvalue weighted by Gasteiger charge is 2.28. The van der Waals surface area contributed by atoms with Crippen molar-refractivity contribution in [3.8, 4) is 5.75 Å². The van der Waals surface area contributed by atoms with Crippen LogP contribution in [0.1, 0.15) is 18.4 Å². The zero-order chi connectivity index (χ0) is 16.9. The largest absolute Gasteiger partial charge is 0.487 e. The molecule has 0 aliphatic carbocycles. The molecule has 0 radical (unpaired) electrons. The molecule has 0 aromatic carbocycles. The number of nitrogens with one attached hydrogen (secondary N) is 1. The number of aromatic nitrogens is 3. The van der Waals surface area contributed by atoms with Gasteiger partial charge in [0.2, 0.25) is 5.82 Å². The molecule has 1 N–H and O–H groups in total. The standard InChI is InChI=1S/C15H18F2N4O2/c1-10-8-13(21-14(19-10)15(2,16)17)20-11-4-5-18-9-12(11)23-7-6-22-3/h4-5,8-9H,6-7H2,1-3H3,(H,18,19,20,21). The van der Waals surface area contributed by atoms with Gasteiger partial charge in [0.15, 0.2) is 5.75 Å². The Morgan fingerprint density at radius 3 is 2.74 bits per heavy atom. The summed E-state index contributed by atoms with van der Waals surface area (Å²) in [4.78, 5) is 11.6. The van der Waals surface area contributed by atoms with Crippen LogP contribution in [0.2, 0.25) is 0 Å². The summed E-state index contributed by atoms with van der Waals surface area (Å²) in [6.07, 6.45) is 3.09. The normalized spacial score (nSPS) is 11.3. The third kappa shape index (κ3) is 4.82. The average Bonchev–Trinajstić information content (AvgIpc) is 2.48.